The van der Waals surface area contributed by atoms with Gasteiger partial charge >= 0.3 is 5.97 Å². The van der Waals surface area contributed by atoms with E-state index in [1.165, 1.54) is 6.42 Å². The van der Waals surface area contributed by atoms with Gasteiger partial charge in [-0.25, -0.2) is 0 Å². The van der Waals surface area contributed by atoms with Crippen LogP contribution in [0.1, 0.15) is 32.1 Å². The van der Waals surface area contributed by atoms with Gasteiger partial charge in [0.1, 0.15) is 0 Å². The molecular weight excluding hydrogens is 244 g/mol. The molecule has 19 heavy (non-hydrogen) atoms. The molecule has 106 valence electrons. The van der Waals surface area contributed by atoms with E-state index < -0.39 is 5.97 Å². The number of hydrogen-bond donors (Lipinski definition) is 2. The van der Waals surface area contributed by atoms with Crippen molar-refractivity contribution in [1.82, 2.24) is 4.90 Å². The lowest BCUT2D eigenvalue weighted by molar-refractivity contribution is -0.139. The minimum Gasteiger partial charge on any atom is -0.481 e. The van der Waals surface area contributed by atoms with Gasteiger partial charge in [-0.1, -0.05) is 0 Å². The Hall–Kier alpha value is -1.10. The molecule has 3 N–H and O–H groups in total. The predicted molar refractivity (Wildman–Crippen MR) is 69.2 cm³/mol. The molecule has 5 nitrogen and oxygen atoms in total. The second-order valence-electron chi connectivity index (χ2n) is 6.47. The van der Waals surface area contributed by atoms with Gasteiger partial charge in [0.25, 0.3) is 0 Å². The molecule has 5 unspecified atom stereocenters. The Morgan fingerprint density at radius 3 is 2.58 bits per heavy atom. The van der Waals surface area contributed by atoms with Crippen molar-refractivity contribution in [3.05, 3.63) is 0 Å². The minimum absolute atomic E-state index is 0.00216. The van der Waals surface area contributed by atoms with Gasteiger partial charge in [0, 0.05) is 25.6 Å². The molecule has 2 saturated carbocycles. The highest BCUT2D eigenvalue weighted by molar-refractivity contribution is 5.81. The van der Waals surface area contributed by atoms with E-state index in [1.54, 1.807) is 0 Å². The maximum atomic E-state index is 12.6. The summed E-state index contributed by atoms with van der Waals surface area (Å²) in [5, 5.41) is 8.81. The highest BCUT2D eigenvalue weighted by atomic mass is 16.4. The molecular formula is C14H22N2O3. The lowest BCUT2D eigenvalue weighted by Crippen LogP contribution is -2.46. The Labute approximate surface area is 113 Å². The number of carboxylic acid groups (broad SMARTS) is 1. The first kappa shape index (κ1) is 12.9. The van der Waals surface area contributed by atoms with Gasteiger partial charge in [-0.05, 0) is 43.4 Å². The van der Waals surface area contributed by atoms with E-state index in [4.69, 9.17) is 10.8 Å². The fourth-order valence-corrected chi connectivity index (χ4v) is 4.36. The van der Waals surface area contributed by atoms with Crippen molar-refractivity contribution >= 4 is 11.9 Å². The van der Waals surface area contributed by atoms with Crippen molar-refractivity contribution in [3.8, 4) is 0 Å². The zero-order valence-electron chi connectivity index (χ0n) is 11.1. The van der Waals surface area contributed by atoms with Crippen LogP contribution >= 0.6 is 0 Å². The number of amides is 1. The van der Waals surface area contributed by atoms with Crippen molar-refractivity contribution in [1.29, 1.82) is 0 Å². The standard InChI is InChI=1S/C14H22N2O3/c15-13-10-2-1-9(6-10)12(13)14(19)16-4-3-8(7-16)5-11(17)18/h8-10,12-13H,1-7,15H2,(H,17,18). The summed E-state index contributed by atoms with van der Waals surface area (Å²) < 4.78 is 0. The Kier molecular flexibility index (Phi) is 3.25. The number of carbonyl (C=O) groups is 2. The van der Waals surface area contributed by atoms with Crippen LogP contribution in [-0.2, 0) is 9.59 Å². The summed E-state index contributed by atoms with van der Waals surface area (Å²) >= 11 is 0. The largest absolute Gasteiger partial charge is 0.481 e. The van der Waals surface area contributed by atoms with E-state index in [-0.39, 0.29) is 30.2 Å². The zero-order valence-corrected chi connectivity index (χ0v) is 11.1. The third-order valence-electron chi connectivity index (χ3n) is 5.33. The second kappa shape index (κ2) is 4.78. The van der Waals surface area contributed by atoms with Crippen LogP contribution in [0.4, 0.5) is 0 Å². The number of carbonyl (C=O) groups excluding carboxylic acids is 1. The van der Waals surface area contributed by atoms with Gasteiger partial charge in [-0.3, -0.25) is 9.59 Å². The lowest BCUT2D eigenvalue weighted by atomic mass is 9.84. The molecule has 5 heteroatoms. The second-order valence-corrected chi connectivity index (χ2v) is 6.47. The number of rotatable bonds is 3. The maximum Gasteiger partial charge on any atom is 0.303 e. The van der Waals surface area contributed by atoms with E-state index >= 15 is 0 Å². The van der Waals surface area contributed by atoms with E-state index in [9.17, 15) is 9.59 Å². The Balaban J connectivity index is 1.61. The quantitative estimate of drug-likeness (QED) is 0.787. The third-order valence-corrected chi connectivity index (χ3v) is 5.33. The van der Waals surface area contributed by atoms with Gasteiger partial charge in [-0.2, -0.15) is 0 Å². The molecule has 0 aromatic carbocycles. The zero-order chi connectivity index (χ0) is 13.6. The number of likely N-dealkylation sites (tertiary alicyclic amines) is 1. The van der Waals surface area contributed by atoms with Crippen molar-refractivity contribution in [3.63, 3.8) is 0 Å². The Morgan fingerprint density at radius 1 is 1.21 bits per heavy atom. The van der Waals surface area contributed by atoms with Crippen LogP contribution in [0.15, 0.2) is 0 Å². The number of aliphatic carboxylic acids is 1. The summed E-state index contributed by atoms with van der Waals surface area (Å²) in [5.41, 5.74) is 6.21. The van der Waals surface area contributed by atoms with Crippen LogP contribution in [0.3, 0.4) is 0 Å². The highest BCUT2D eigenvalue weighted by Gasteiger charge is 2.50. The maximum absolute atomic E-state index is 12.6. The monoisotopic (exact) mass is 266 g/mol. The summed E-state index contributed by atoms with van der Waals surface area (Å²) in [4.78, 5) is 25.2. The number of fused-ring (bicyclic) bond motifs is 2. The molecule has 3 rings (SSSR count). The topological polar surface area (TPSA) is 83.6 Å². The van der Waals surface area contributed by atoms with Gasteiger partial charge in [0.05, 0.1) is 5.92 Å². The van der Waals surface area contributed by atoms with Crippen LogP contribution in [0.2, 0.25) is 0 Å². The molecule has 5 atom stereocenters. The third kappa shape index (κ3) is 2.24. The van der Waals surface area contributed by atoms with Crippen LogP contribution in [0, 0.1) is 23.7 Å². The molecule has 0 aromatic heterocycles. The fraction of sp³-hybridized carbons (Fsp3) is 0.857. The lowest BCUT2D eigenvalue weighted by Gasteiger charge is -2.30. The molecule has 0 radical (unpaired) electrons. The van der Waals surface area contributed by atoms with Crippen LogP contribution < -0.4 is 5.73 Å². The molecule has 2 bridgehead atoms. The molecule has 0 aromatic rings. The number of nitrogens with two attached hydrogens (primary N) is 1. The summed E-state index contributed by atoms with van der Waals surface area (Å²) in [6.07, 6.45) is 4.42. The summed E-state index contributed by atoms with van der Waals surface area (Å²) in [5.74, 6) is 0.560. The van der Waals surface area contributed by atoms with Crippen molar-refractivity contribution < 1.29 is 14.7 Å². The highest BCUT2D eigenvalue weighted by Crippen LogP contribution is 2.48. The van der Waals surface area contributed by atoms with Crippen molar-refractivity contribution in [2.75, 3.05) is 13.1 Å². The van der Waals surface area contributed by atoms with Crippen molar-refractivity contribution in [2.24, 2.45) is 29.4 Å². The van der Waals surface area contributed by atoms with Crippen LogP contribution in [-0.4, -0.2) is 41.0 Å². The van der Waals surface area contributed by atoms with E-state index in [0.717, 1.165) is 19.3 Å². The molecule has 2 aliphatic carbocycles. The molecule has 0 spiro atoms. The average molecular weight is 266 g/mol. The fourth-order valence-electron chi connectivity index (χ4n) is 4.36. The molecule has 3 aliphatic rings. The first-order valence-corrected chi connectivity index (χ1v) is 7.32. The van der Waals surface area contributed by atoms with Crippen molar-refractivity contribution in [2.45, 2.75) is 38.1 Å². The molecule has 1 amide bonds. The normalized spacial score (nSPS) is 40.9. The number of hydrogen-bond acceptors (Lipinski definition) is 3. The van der Waals surface area contributed by atoms with Gasteiger partial charge < -0.3 is 15.7 Å². The van der Waals surface area contributed by atoms with Gasteiger partial charge in [0.15, 0.2) is 0 Å². The summed E-state index contributed by atoms with van der Waals surface area (Å²) in [7, 11) is 0. The molecule has 1 aliphatic heterocycles. The van der Waals surface area contributed by atoms with E-state index in [0.29, 0.717) is 24.9 Å². The average Bonchev–Trinajstić information content (AvgIpc) is 3.02. The first-order chi connectivity index (χ1) is 9.06. The number of carboxylic acids is 1. The van der Waals surface area contributed by atoms with E-state index in [2.05, 4.69) is 0 Å². The van der Waals surface area contributed by atoms with Crippen LogP contribution in [0.25, 0.3) is 0 Å². The predicted octanol–water partition coefficient (Wildman–Crippen LogP) is 0.683. The first-order valence-electron chi connectivity index (χ1n) is 7.32. The summed E-state index contributed by atoms with van der Waals surface area (Å²) in [6.45, 7) is 1.31. The Morgan fingerprint density at radius 2 is 1.95 bits per heavy atom. The SMILES string of the molecule is NC1C2CCC(C2)C1C(=O)N1CCC(CC(=O)O)C1. The molecule has 1 saturated heterocycles. The molecule has 3 fully saturated rings. The minimum atomic E-state index is -0.768. The van der Waals surface area contributed by atoms with E-state index in [1.807, 2.05) is 4.90 Å². The summed E-state index contributed by atoms with van der Waals surface area (Å²) in [6, 6.07) is 0.0322. The van der Waals surface area contributed by atoms with Gasteiger partial charge in [-0.15, -0.1) is 0 Å². The van der Waals surface area contributed by atoms with Crippen LogP contribution in [0.5, 0.6) is 0 Å². The smallest absolute Gasteiger partial charge is 0.303 e. The van der Waals surface area contributed by atoms with Gasteiger partial charge in [0.2, 0.25) is 5.91 Å². The Bertz CT molecular complexity index is 396. The molecule has 1 heterocycles. The number of nitrogens with zero attached hydrogens (tertiary/aromatic N) is 1.